The van der Waals surface area contributed by atoms with Crippen molar-refractivity contribution in [2.24, 2.45) is 11.7 Å². The van der Waals surface area contributed by atoms with Gasteiger partial charge in [0.2, 0.25) is 0 Å². The lowest BCUT2D eigenvalue weighted by Gasteiger charge is -1.64. The molecule has 0 radical (unpaired) electrons. The van der Waals surface area contributed by atoms with Gasteiger partial charge in [-0.3, -0.25) is 11.7 Å². The molecule has 0 aromatic carbocycles. The van der Waals surface area contributed by atoms with Crippen LogP contribution in [-0.4, -0.2) is 16.6 Å². The summed E-state index contributed by atoms with van der Waals surface area (Å²) in [5.74, 6) is 7.02. The van der Waals surface area contributed by atoms with E-state index in [0.717, 1.165) is 6.08 Å². The highest BCUT2D eigenvalue weighted by Gasteiger charge is 1.73. The highest BCUT2D eigenvalue weighted by Crippen LogP contribution is 1.54. The molecule has 0 bridgehead atoms. The van der Waals surface area contributed by atoms with Gasteiger partial charge in [-0.25, -0.2) is 4.79 Å². The number of nitrogens with two attached hydrogens (primary N) is 2. The third-order valence-electron chi connectivity index (χ3n) is 0.175. The van der Waals surface area contributed by atoms with E-state index < -0.39 is 5.97 Å². The fourth-order valence-corrected chi connectivity index (χ4v) is 0. The Morgan fingerprint density at radius 1 is 1.62 bits per heavy atom. The zero-order valence-corrected chi connectivity index (χ0v) is 4.29. The summed E-state index contributed by atoms with van der Waals surface area (Å²) in [5, 5.41) is 7.60. The van der Waals surface area contributed by atoms with Gasteiger partial charge in [0, 0.05) is 6.08 Å². The van der Waals surface area contributed by atoms with E-state index in [0.29, 0.717) is 0 Å². The first-order valence-electron chi connectivity index (χ1n) is 1.46. The zero-order chi connectivity index (χ0) is 6.28. The van der Waals surface area contributed by atoms with Gasteiger partial charge in [-0.15, -0.1) is 0 Å². The van der Waals surface area contributed by atoms with Crippen molar-refractivity contribution in [1.82, 2.24) is 0 Å². The summed E-state index contributed by atoms with van der Waals surface area (Å²) >= 11 is 0. The molecule has 0 saturated carbocycles. The summed E-state index contributed by atoms with van der Waals surface area (Å²) in [6.07, 6.45) is 0.833. The maximum Gasteiger partial charge on any atom is 0.327 e. The lowest BCUT2D eigenvalue weighted by molar-refractivity contribution is -0.131. The zero-order valence-electron chi connectivity index (χ0n) is 4.29. The lowest BCUT2D eigenvalue weighted by Crippen LogP contribution is -2.02. The molecule has 0 aliphatic carbocycles. The molecule has 5 nitrogen and oxygen atoms in total. The van der Waals surface area contributed by atoms with Gasteiger partial charge in [0.1, 0.15) is 0 Å². The quantitative estimate of drug-likeness (QED) is 0.217. The Morgan fingerprint density at radius 2 is 1.75 bits per heavy atom. The molecule has 7 N–H and O–H groups in total. The molecule has 0 fully saturated rings. The number of aliphatic carboxylic acids is 1. The van der Waals surface area contributed by atoms with E-state index >= 15 is 0 Å². The van der Waals surface area contributed by atoms with Gasteiger partial charge in [-0.2, -0.15) is 0 Å². The van der Waals surface area contributed by atoms with Crippen LogP contribution < -0.4 is 11.7 Å². The second kappa shape index (κ2) is 16.5. The van der Waals surface area contributed by atoms with Crippen LogP contribution in [0, 0.1) is 0 Å². The molecular formula is C3H10N2O3. The van der Waals surface area contributed by atoms with Crippen LogP contribution in [0.4, 0.5) is 0 Å². The van der Waals surface area contributed by atoms with Gasteiger partial charge in [0.05, 0.1) is 0 Å². The topological polar surface area (TPSA) is 121 Å². The molecule has 0 aromatic heterocycles. The molecule has 0 saturated heterocycles. The number of hydrogen-bond donors (Lipinski definition) is 3. The van der Waals surface area contributed by atoms with Crippen molar-refractivity contribution in [3.63, 3.8) is 0 Å². The molecule has 0 heterocycles. The average molecular weight is 122 g/mol. The smallest absolute Gasteiger partial charge is 0.327 e. The van der Waals surface area contributed by atoms with Crippen LogP contribution >= 0.6 is 0 Å². The number of carboxylic acids is 1. The number of hydrogen-bond acceptors (Lipinski definition) is 3. The molecular weight excluding hydrogens is 112 g/mol. The Morgan fingerprint density at radius 3 is 1.75 bits per heavy atom. The summed E-state index contributed by atoms with van der Waals surface area (Å²) in [6.45, 7) is 2.96. The summed E-state index contributed by atoms with van der Waals surface area (Å²) in [7, 11) is 0. The van der Waals surface area contributed by atoms with E-state index in [4.69, 9.17) is 5.11 Å². The maximum absolute atomic E-state index is 9.25. The van der Waals surface area contributed by atoms with Crippen LogP contribution in [0.15, 0.2) is 12.7 Å². The van der Waals surface area contributed by atoms with Crippen LogP contribution in [0.5, 0.6) is 0 Å². The third-order valence-corrected chi connectivity index (χ3v) is 0.175. The number of rotatable bonds is 1. The number of carboxylic acid groups (broad SMARTS) is 1. The fourth-order valence-electron chi connectivity index (χ4n) is 0. The standard InChI is InChI=1S/C3H4O2.H4N2.H2O/c1-2-3(4)5;1-2;/h2H,1H2,(H,4,5);1-2H2;1H2. The Balaban J connectivity index is -0.0000000750. The minimum Gasteiger partial charge on any atom is -0.478 e. The van der Waals surface area contributed by atoms with Crippen LogP contribution in [0.2, 0.25) is 0 Å². The molecule has 0 atom stereocenters. The average Bonchev–Trinajstić information content (AvgIpc) is 1.73. The summed E-state index contributed by atoms with van der Waals surface area (Å²) in [4.78, 5) is 9.25. The molecule has 50 valence electrons. The summed E-state index contributed by atoms with van der Waals surface area (Å²) in [6, 6.07) is 0. The third kappa shape index (κ3) is 71.7. The first kappa shape index (κ1) is 15.7. The van der Waals surface area contributed by atoms with Crippen LogP contribution in [0.3, 0.4) is 0 Å². The number of carbonyl (C=O) groups is 1. The molecule has 8 heavy (non-hydrogen) atoms. The highest BCUT2D eigenvalue weighted by atomic mass is 16.4. The van der Waals surface area contributed by atoms with Crippen molar-refractivity contribution >= 4 is 5.97 Å². The van der Waals surface area contributed by atoms with E-state index in [9.17, 15) is 4.79 Å². The predicted molar refractivity (Wildman–Crippen MR) is 29.8 cm³/mol. The Labute approximate surface area is 46.9 Å². The van der Waals surface area contributed by atoms with E-state index in [2.05, 4.69) is 18.3 Å². The van der Waals surface area contributed by atoms with Gasteiger partial charge in [0.25, 0.3) is 0 Å². The van der Waals surface area contributed by atoms with E-state index in [1.165, 1.54) is 0 Å². The predicted octanol–water partition coefficient (Wildman–Crippen LogP) is -1.75. The van der Waals surface area contributed by atoms with Crippen molar-refractivity contribution in [1.29, 1.82) is 0 Å². The Bertz CT molecular complexity index is 63.5. The van der Waals surface area contributed by atoms with Crippen LogP contribution in [-0.2, 0) is 4.79 Å². The first-order chi connectivity index (χ1) is 3.27. The van der Waals surface area contributed by atoms with Crippen LogP contribution in [0.1, 0.15) is 0 Å². The Hall–Kier alpha value is -0.910. The van der Waals surface area contributed by atoms with Crippen molar-refractivity contribution in [3.05, 3.63) is 12.7 Å². The molecule has 0 rings (SSSR count). The van der Waals surface area contributed by atoms with Crippen molar-refractivity contribution in [2.45, 2.75) is 0 Å². The Kier molecular flexibility index (Phi) is 32.5. The van der Waals surface area contributed by atoms with Crippen molar-refractivity contribution in [2.75, 3.05) is 0 Å². The van der Waals surface area contributed by atoms with Gasteiger partial charge in [-0.1, -0.05) is 6.58 Å². The van der Waals surface area contributed by atoms with Gasteiger partial charge >= 0.3 is 5.97 Å². The van der Waals surface area contributed by atoms with Crippen molar-refractivity contribution < 1.29 is 15.4 Å². The largest absolute Gasteiger partial charge is 0.478 e. The van der Waals surface area contributed by atoms with E-state index in [-0.39, 0.29) is 5.48 Å². The number of hydrazine groups is 1. The van der Waals surface area contributed by atoms with E-state index in [1.54, 1.807) is 0 Å². The minimum absolute atomic E-state index is 0. The maximum atomic E-state index is 9.25. The lowest BCUT2D eigenvalue weighted by atomic mass is 10.7. The van der Waals surface area contributed by atoms with Crippen molar-refractivity contribution in [3.8, 4) is 0 Å². The van der Waals surface area contributed by atoms with Gasteiger partial charge in [-0.05, 0) is 0 Å². The fraction of sp³-hybridized carbons (Fsp3) is 0. The summed E-state index contributed by atoms with van der Waals surface area (Å²) in [5.41, 5.74) is 0. The SMILES string of the molecule is C=CC(=O)O.NN.O. The summed E-state index contributed by atoms with van der Waals surface area (Å²) < 4.78 is 0. The molecule has 0 spiro atoms. The van der Waals surface area contributed by atoms with Gasteiger partial charge < -0.3 is 10.6 Å². The minimum atomic E-state index is -0.981. The second-order valence-corrected chi connectivity index (χ2v) is 0.542. The molecule has 0 aliphatic rings. The normalized spacial score (nSPS) is 4.75. The molecule has 0 aliphatic heterocycles. The van der Waals surface area contributed by atoms with E-state index in [1.807, 2.05) is 0 Å². The molecule has 5 heteroatoms. The molecule has 0 aromatic rings. The first-order valence-corrected chi connectivity index (χ1v) is 1.46. The molecule has 0 unspecified atom stereocenters. The second-order valence-electron chi connectivity index (χ2n) is 0.542. The monoisotopic (exact) mass is 122 g/mol. The highest BCUT2D eigenvalue weighted by molar-refractivity contribution is 5.78. The van der Waals surface area contributed by atoms with Gasteiger partial charge in [0.15, 0.2) is 0 Å². The van der Waals surface area contributed by atoms with Crippen LogP contribution in [0.25, 0.3) is 0 Å². The molecule has 0 amide bonds.